The van der Waals surface area contributed by atoms with Crippen molar-refractivity contribution in [2.24, 2.45) is 0 Å². The number of hydrogen-bond donors (Lipinski definition) is 0. The molecule has 9 heteroatoms. The SMILES string of the molecule is COc1cc(C)c(S(=O)(=O)N2CCCCC2CCCC(=O)N2CCn3c(CCc4cccnc4)ccc3C2)c(C)c1. The van der Waals surface area contributed by atoms with Crippen molar-refractivity contribution in [2.75, 3.05) is 20.2 Å². The van der Waals surface area contributed by atoms with Gasteiger partial charge in [-0.15, -0.1) is 0 Å². The molecular formula is C32H42N4O4S. The summed E-state index contributed by atoms with van der Waals surface area (Å²) in [7, 11) is -2.05. The maximum absolute atomic E-state index is 13.8. The van der Waals surface area contributed by atoms with Crippen LogP contribution >= 0.6 is 0 Å². The lowest BCUT2D eigenvalue weighted by molar-refractivity contribution is -0.132. The molecule has 8 nitrogen and oxygen atoms in total. The molecule has 0 spiro atoms. The van der Waals surface area contributed by atoms with Crippen molar-refractivity contribution in [3.63, 3.8) is 0 Å². The van der Waals surface area contributed by atoms with Crippen molar-refractivity contribution < 1.29 is 17.9 Å². The minimum atomic E-state index is -3.65. The predicted molar refractivity (Wildman–Crippen MR) is 159 cm³/mol. The molecule has 2 aliphatic heterocycles. The number of aromatic nitrogens is 2. The minimum Gasteiger partial charge on any atom is -0.497 e. The number of fused-ring (bicyclic) bond motifs is 1. The summed E-state index contributed by atoms with van der Waals surface area (Å²) in [6, 6.07) is 11.9. The van der Waals surface area contributed by atoms with Crippen LogP contribution in [0.25, 0.3) is 0 Å². The number of carbonyl (C=O) groups excluding carboxylic acids is 1. The van der Waals surface area contributed by atoms with Crippen molar-refractivity contribution >= 4 is 15.9 Å². The lowest BCUT2D eigenvalue weighted by Gasteiger charge is -2.36. The van der Waals surface area contributed by atoms with Gasteiger partial charge in [-0.05, 0) is 99.4 Å². The highest BCUT2D eigenvalue weighted by Crippen LogP contribution is 2.33. The van der Waals surface area contributed by atoms with E-state index in [1.165, 1.54) is 17.0 Å². The highest BCUT2D eigenvalue weighted by molar-refractivity contribution is 7.89. The second-order valence-corrected chi connectivity index (χ2v) is 13.2. The van der Waals surface area contributed by atoms with Crippen molar-refractivity contribution in [1.82, 2.24) is 18.8 Å². The van der Waals surface area contributed by atoms with Crippen molar-refractivity contribution in [1.29, 1.82) is 0 Å². The Morgan fingerprint density at radius 2 is 1.85 bits per heavy atom. The van der Waals surface area contributed by atoms with E-state index in [1.54, 1.807) is 29.7 Å². The van der Waals surface area contributed by atoms with Crippen LogP contribution in [0.4, 0.5) is 0 Å². The summed E-state index contributed by atoms with van der Waals surface area (Å²) in [6.07, 6.45) is 10.2. The summed E-state index contributed by atoms with van der Waals surface area (Å²) in [5, 5.41) is 0. The molecule has 2 aromatic heterocycles. The molecule has 5 rings (SSSR count). The monoisotopic (exact) mass is 578 g/mol. The number of carbonyl (C=O) groups is 1. The van der Waals surface area contributed by atoms with E-state index in [2.05, 4.69) is 27.8 Å². The molecule has 220 valence electrons. The molecule has 0 N–H and O–H groups in total. The highest BCUT2D eigenvalue weighted by Gasteiger charge is 2.35. The van der Waals surface area contributed by atoms with Gasteiger partial charge in [0.2, 0.25) is 15.9 Å². The predicted octanol–water partition coefficient (Wildman–Crippen LogP) is 5.05. The first-order chi connectivity index (χ1) is 19.8. The molecule has 1 aromatic carbocycles. The Kier molecular flexibility index (Phi) is 9.14. The zero-order valence-electron chi connectivity index (χ0n) is 24.5. The van der Waals surface area contributed by atoms with Crippen molar-refractivity contribution in [3.05, 3.63) is 76.9 Å². The number of nitrogens with zero attached hydrogens (tertiary/aromatic N) is 4. The average molecular weight is 579 g/mol. The van der Waals surface area contributed by atoms with Crippen molar-refractivity contribution in [3.8, 4) is 5.75 Å². The quantitative estimate of drug-likeness (QED) is 0.336. The van der Waals surface area contributed by atoms with E-state index in [0.29, 0.717) is 60.7 Å². The Balaban J connectivity index is 1.16. The first-order valence-corrected chi connectivity index (χ1v) is 16.2. The fourth-order valence-corrected chi connectivity index (χ4v) is 8.64. The number of rotatable bonds is 10. The number of piperidine rings is 1. The lowest BCUT2D eigenvalue weighted by Crippen LogP contribution is -2.44. The number of sulfonamides is 1. The van der Waals surface area contributed by atoms with E-state index in [1.807, 2.05) is 31.0 Å². The number of benzene rings is 1. The van der Waals surface area contributed by atoms with E-state index in [-0.39, 0.29) is 11.9 Å². The molecule has 4 heterocycles. The number of methoxy groups -OCH3 is 1. The number of aryl methyl sites for hydroxylation is 4. The van der Waals surface area contributed by atoms with E-state index in [4.69, 9.17) is 4.74 Å². The number of amides is 1. The van der Waals surface area contributed by atoms with Gasteiger partial charge in [-0.3, -0.25) is 9.78 Å². The van der Waals surface area contributed by atoms with Gasteiger partial charge in [-0.25, -0.2) is 8.42 Å². The van der Waals surface area contributed by atoms with Crippen LogP contribution in [0, 0.1) is 13.8 Å². The zero-order valence-corrected chi connectivity index (χ0v) is 25.3. The zero-order chi connectivity index (χ0) is 29.0. The standard InChI is InChI=1S/C32H42N4O4S/c1-24-20-30(40-3)21-25(2)32(24)41(38,39)36-17-5-4-9-28(36)10-6-11-31(37)34-18-19-35-27(14-15-29(35)23-34)13-12-26-8-7-16-33-22-26/h7-8,14-16,20-22,28H,4-6,9-13,17-19,23H2,1-3H3. The van der Waals surface area contributed by atoms with Gasteiger partial charge in [0.05, 0.1) is 18.6 Å². The van der Waals surface area contributed by atoms with Gasteiger partial charge < -0.3 is 14.2 Å². The van der Waals surface area contributed by atoms with Gasteiger partial charge in [0.1, 0.15) is 5.75 Å². The molecule has 0 saturated carbocycles. The molecule has 1 saturated heterocycles. The summed E-state index contributed by atoms with van der Waals surface area (Å²) >= 11 is 0. The summed E-state index contributed by atoms with van der Waals surface area (Å²) < 4.78 is 37.1. The Hall–Kier alpha value is -3.17. The van der Waals surface area contributed by atoms with Crippen molar-refractivity contribution in [2.45, 2.75) is 89.2 Å². The average Bonchev–Trinajstić information content (AvgIpc) is 3.38. The molecule has 1 unspecified atom stereocenters. The fourth-order valence-electron chi connectivity index (χ4n) is 6.51. The van der Waals surface area contributed by atoms with Crippen LogP contribution in [0.3, 0.4) is 0 Å². The van der Waals surface area contributed by atoms with Crippen LogP contribution in [-0.2, 0) is 40.7 Å². The molecule has 0 bridgehead atoms. The van der Waals surface area contributed by atoms with E-state index >= 15 is 0 Å². The van der Waals surface area contributed by atoms with Gasteiger partial charge in [0.15, 0.2) is 0 Å². The molecular weight excluding hydrogens is 536 g/mol. The molecule has 2 aliphatic rings. The number of pyridine rings is 1. The van der Waals surface area contributed by atoms with E-state index in [0.717, 1.165) is 38.6 Å². The normalized spacial score (nSPS) is 17.8. The van der Waals surface area contributed by atoms with E-state index < -0.39 is 10.0 Å². The van der Waals surface area contributed by atoms with Crippen LogP contribution in [0.1, 0.15) is 66.6 Å². The molecule has 1 amide bonds. The number of ether oxygens (including phenoxy) is 1. The summed E-state index contributed by atoms with van der Waals surface area (Å²) in [6.45, 7) is 6.34. The van der Waals surface area contributed by atoms with Crippen LogP contribution in [0.2, 0.25) is 0 Å². The van der Waals surface area contributed by atoms with Gasteiger partial charge in [-0.2, -0.15) is 4.31 Å². The molecule has 41 heavy (non-hydrogen) atoms. The van der Waals surface area contributed by atoms with Gasteiger partial charge in [0.25, 0.3) is 0 Å². The van der Waals surface area contributed by atoms with Gasteiger partial charge >= 0.3 is 0 Å². The van der Waals surface area contributed by atoms with E-state index in [9.17, 15) is 13.2 Å². The summed E-state index contributed by atoms with van der Waals surface area (Å²) in [5.41, 5.74) is 5.12. The third kappa shape index (κ3) is 6.51. The summed E-state index contributed by atoms with van der Waals surface area (Å²) in [5.74, 6) is 0.819. The Bertz CT molecular complexity index is 1450. The minimum absolute atomic E-state index is 0.0802. The number of hydrogen-bond acceptors (Lipinski definition) is 5. The largest absolute Gasteiger partial charge is 0.497 e. The van der Waals surface area contributed by atoms with Crippen LogP contribution < -0.4 is 4.74 Å². The molecule has 1 atom stereocenters. The second-order valence-electron chi connectivity index (χ2n) is 11.4. The lowest BCUT2D eigenvalue weighted by atomic mass is 9.99. The first-order valence-electron chi connectivity index (χ1n) is 14.8. The third-order valence-corrected chi connectivity index (χ3v) is 10.8. The molecule has 1 fully saturated rings. The molecule has 0 radical (unpaired) electrons. The molecule has 0 aliphatic carbocycles. The maximum atomic E-state index is 13.8. The van der Waals surface area contributed by atoms with Crippen LogP contribution in [-0.4, -0.2) is 59.3 Å². The first kappa shape index (κ1) is 29.3. The van der Waals surface area contributed by atoms with Crippen LogP contribution in [0.5, 0.6) is 5.75 Å². The van der Waals surface area contributed by atoms with Crippen LogP contribution in [0.15, 0.2) is 53.7 Å². The Morgan fingerprint density at radius 3 is 2.59 bits per heavy atom. The Morgan fingerprint density at radius 1 is 1.05 bits per heavy atom. The fraction of sp³-hybridized carbons (Fsp3) is 0.500. The van der Waals surface area contributed by atoms with Gasteiger partial charge in [-0.1, -0.05) is 12.5 Å². The highest BCUT2D eigenvalue weighted by atomic mass is 32.2. The third-order valence-electron chi connectivity index (χ3n) is 8.59. The summed E-state index contributed by atoms with van der Waals surface area (Å²) in [4.78, 5) is 19.7. The van der Waals surface area contributed by atoms with Gasteiger partial charge in [0, 0.05) is 55.9 Å². The maximum Gasteiger partial charge on any atom is 0.243 e. The second kappa shape index (κ2) is 12.8. The smallest absolute Gasteiger partial charge is 0.243 e. The topological polar surface area (TPSA) is 84.7 Å². The molecule has 3 aromatic rings. The Labute approximate surface area is 244 Å².